The third-order valence-electron chi connectivity index (χ3n) is 2.45. The lowest BCUT2D eigenvalue weighted by Crippen LogP contribution is -2.19. The molecule has 0 aliphatic rings. The maximum Gasteiger partial charge on any atom is 0.408 e. The molecule has 2 rings (SSSR count). The van der Waals surface area contributed by atoms with Crippen LogP contribution in [-0.2, 0) is 13.0 Å². The second-order valence-corrected chi connectivity index (χ2v) is 3.84. The molecule has 0 spiro atoms. The summed E-state index contributed by atoms with van der Waals surface area (Å²) in [6.45, 7) is -1.18. The van der Waals surface area contributed by atoms with Gasteiger partial charge < -0.3 is 0 Å². The van der Waals surface area contributed by atoms with Gasteiger partial charge >= 0.3 is 6.18 Å². The molecule has 4 nitrogen and oxygen atoms in total. The molecule has 0 aliphatic heterocycles. The molecular formula is C12H9F3N4. The smallest absolute Gasteiger partial charge is 0.254 e. The van der Waals surface area contributed by atoms with Gasteiger partial charge in [-0.05, 0) is 17.7 Å². The van der Waals surface area contributed by atoms with Crippen LogP contribution in [0.2, 0.25) is 0 Å². The third-order valence-corrected chi connectivity index (χ3v) is 2.45. The van der Waals surface area contributed by atoms with Crippen LogP contribution in [0.3, 0.4) is 0 Å². The van der Waals surface area contributed by atoms with Crippen molar-refractivity contribution < 1.29 is 13.2 Å². The number of hydrogen-bond donors (Lipinski definition) is 0. The predicted octanol–water partition coefficient (Wildman–Crippen LogP) is 2.57. The van der Waals surface area contributed by atoms with Crippen LogP contribution in [0.5, 0.6) is 0 Å². The Balaban J connectivity index is 2.43. The van der Waals surface area contributed by atoms with Crippen LogP contribution in [0.4, 0.5) is 13.2 Å². The monoisotopic (exact) mass is 266 g/mol. The van der Waals surface area contributed by atoms with Crippen LogP contribution < -0.4 is 0 Å². The molecule has 7 heteroatoms. The molecule has 0 saturated heterocycles. The minimum atomic E-state index is -4.36. The number of aromatic nitrogens is 3. The Morgan fingerprint density at radius 3 is 2.74 bits per heavy atom. The summed E-state index contributed by atoms with van der Waals surface area (Å²) in [5, 5.41) is 12.4. The summed E-state index contributed by atoms with van der Waals surface area (Å²) in [4.78, 5) is 4.05. The summed E-state index contributed by atoms with van der Waals surface area (Å²) in [6, 6.07) is 6.72. The Morgan fingerprint density at radius 1 is 1.26 bits per heavy atom. The van der Waals surface area contributed by atoms with Crippen molar-refractivity contribution in [2.24, 2.45) is 0 Å². The fourth-order valence-electron chi connectivity index (χ4n) is 1.73. The van der Waals surface area contributed by atoms with Crippen molar-refractivity contribution in [2.75, 3.05) is 0 Å². The van der Waals surface area contributed by atoms with Crippen LogP contribution in [0, 0.1) is 11.3 Å². The second kappa shape index (κ2) is 5.10. The number of halogens is 3. The van der Waals surface area contributed by atoms with Gasteiger partial charge in [-0.15, -0.1) is 0 Å². The minimum Gasteiger partial charge on any atom is -0.254 e. The highest BCUT2D eigenvalue weighted by molar-refractivity contribution is 5.59. The van der Waals surface area contributed by atoms with E-state index in [1.165, 1.54) is 18.5 Å². The molecule has 0 saturated carbocycles. The molecule has 2 aromatic rings. The fourth-order valence-corrected chi connectivity index (χ4v) is 1.73. The van der Waals surface area contributed by atoms with Crippen LogP contribution in [-0.4, -0.2) is 20.9 Å². The Bertz CT molecular complexity index is 610. The molecule has 0 atom stereocenters. The molecule has 0 aromatic carbocycles. The van der Waals surface area contributed by atoms with Gasteiger partial charge in [-0.2, -0.15) is 23.5 Å². The zero-order valence-electron chi connectivity index (χ0n) is 9.72. The first-order valence-electron chi connectivity index (χ1n) is 5.41. The summed E-state index contributed by atoms with van der Waals surface area (Å²) in [7, 11) is 0. The zero-order chi connectivity index (χ0) is 13.9. The lowest BCUT2D eigenvalue weighted by molar-refractivity contribution is -0.142. The van der Waals surface area contributed by atoms with Gasteiger partial charge in [-0.1, -0.05) is 6.07 Å². The van der Waals surface area contributed by atoms with Crippen LogP contribution in [0.25, 0.3) is 11.4 Å². The van der Waals surface area contributed by atoms with E-state index in [4.69, 9.17) is 5.26 Å². The van der Waals surface area contributed by atoms with Gasteiger partial charge in [0.05, 0.1) is 23.9 Å². The van der Waals surface area contributed by atoms with E-state index in [2.05, 4.69) is 10.1 Å². The Morgan fingerprint density at radius 2 is 2.05 bits per heavy atom. The Kier molecular flexibility index (Phi) is 3.51. The molecule has 98 valence electrons. The summed E-state index contributed by atoms with van der Waals surface area (Å²) in [6.07, 6.45) is -1.52. The van der Waals surface area contributed by atoms with Crippen molar-refractivity contribution in [1.29, 1.82) is 5.26 Å². The quantitative estimate of drug-likeness (QED) is 0.858. The van der Waals surface area contributed by atoms with Crippen molar-refractivity contribution in [3.8, 4) is 17.5 Å². The second-order valence-electron chi connectivity index (χ2n) is 3.84. The molecule has 0 amide bonds. The van der Waals surface area contributed by atoms with E-state index < -0.39 is 12.7 Å². The molecular weight excluding hydrogens is 257 g/mol. The first-order valence-corrected chi connectivity index (χ1v) is 5.41. The molecule has 2 heterocycles. The van der Waals surface area contributed by atoms with E-state index in [0.717, 1.165) is 4.68 Å². The molecule has 0 aliphatic carbocycles. The van der Waals surface area contributed by atoms with Gasteiger partial charge in [0.25, 0.3) is 0 Å². The third kappa shape index (κ3) is 3.10. The van der Waals surface area contributed by atoms with E-state index >= 15 is 0 Å². The highest BCUT2D eigenvalue weighted by Crippen LogP contribution is 2.25. The van der Waals surface area contributed by atoms with Crippen molar-refractivity contribution in [2.45, 2.75) is 19.1 Å². The van der Waals surface area contributed by atoms with Crippen molar-refractivity contribution >= 4 is 0 Å². The Hall–Kier alpha value is -2.36. The van der Waals surface area contributed by atoms with Crippen LogP contribution in [0.1, 0.15) is 5.56 Å². The van der Waals surface area contributed by atoms with E-state index in [-0.39, 0.29) is 12.1 Å². The van der Waals surface area contributed by atoms with Gasteiger partial charge in [0.2, 0.25) is 0 Å². The van der Waals surface area contributed by atoms with E-state index in [0.29, 0.717) is 11.3 Å². The number of hydrogen-bond acceptors (Lipinski definition) is 3. The standard InChI is InChI=1S/C12H9F3N4/c13-12(14,15)8-19-10(4-7-18-19)11-9(3-5-16)2-1-6-17-11/h1-2,4,6-7H,3,8H2. The number of nitrogens with zero attached hydrogens (tertiary/aromatic N) is 4. The Labute approximate surface area is 107 Å². The number of rotatable bonds is 3. The molecule has 0 radical (unpaired) electrons. The van der Waals surface area contributed by atoms with Gasteiger partial charge in [0.1, 0.15) is 6.54 Å². The van der Waals surface area contributed by atoms with Crippen LogP contribution in [0.15, 0.2) is 30.6 Å². The van der Waals surface area contributed by atoms with Crippen LogP contribution >= 0.6 is 0 Å². The number of nitriles is 1. The maximum atomic E-state index is 12.4. The first-order chi connectivity index (χ1) is 9.01. The lowest BCUT2D eigenvalue weighted by Gasteiger charge is -2.11. The fraction of sp³-hybridized carbons (Fsp3) is 0.250. The number of pyridine rings is 1. The topological polar surface area (TPSA) is 54.5 Å². The van der Waals surface area contributed by atoms with Gasteiger partial charge in [-0.25, -0.2) is 0 Å². The van der Waals surface area contributed by atoms with Gasteiger partial charge in [0.15, 0.2) is 0 Å². The predicted molar refractivity (Wildman–Crippen MR) is 60.8 cm³/mol. The SMILES string of the molecule is N#CCc1cccnc1-c1ccnn1CC(F)(F)F. The zero-order valence-corrected chi connectivity index (χ0v) is 9.72. The van der Waals surface area contributed by atoms with Gasteiger partial charge in [0, 0.05) is 12.4 Å². The summed E-state index contributed by atoms with van der Waals surface area (Å²) < 4.78 is 38.1. The maximum absolute atomic E-state index is 12.4. The largest absolute Gasteiger partial charge is 0.408 e. The van der Waals surface area contributed by atoms with Crippen molar-refractivity contribution in [3.05, 3.63) is 36.2 Å². The summed E-state index contributed by atoms with van der Waals surface area (Å²) in [5.74, 6) is 0. The lowest BCUT2D eigenvalue weighted by atomic mass is 10.1. The average Bonchev–Trinajstić information content (AvgIpc) is 2.76. The normalized spacial score (nSPS) is 11.3. The highest BCUT2D eigenvalue weighted by Gasteiger charge is 2.29. The molecule has 0 fully saturated rings. The molecule has 19 heavy (non-hydrogen) atoms. The first kappa shape index (κ1) is 13.1. The molecule has 0 bridgehead atoms. The highest BCUT2D eigenvalue weighted by atomic mass is 19.4. The minimum absolute atomic E-state index is 0.0837. The molecule has 2 aromatic heterocycles. The van der Waals surface area contributed by atoms with E-state index in [1.54, 1.807) is 12.1 Å². The summed E-state index contributed by atoms with van der Waals surface area (Å²) in [5.41, 5.74) is 1.18. The number of alkyl halides is 3. The molecule has 0 unspecified atom stereocenters. The van der Waals surface area contributed by atoms with E-state index in [1.807, 2.05) is 6.07 Å². The van der Waals surface area contributed by atoms with E-state index in [9.17, 15) is 13.2 Å². The molecule has 0 N–H and O–H groups in total. The van der Waals surface area contributed by atoms with Gasteiger partial charge in [-0.3, -0.25) is 9.67 Å². The average molecular weight is 266 g/mol. The summed E-state index contributed by atoms with van der Waals surface area (Å²) >= 11 is 0. The van der Waals surface area contributed by atoms with Crippen molar-refractivity contribution in [1.82, 2.24) is 14.8 Å². The van der Waals surface area contributed by atoms with Crippen molar-refractivity contribution in [3.63, 3.8) is 0 Å².